The Bertz CT molecular complexity index is 198. The third-order valence-corrected chi connectivity index (χ3v) is 2.30. The number of likely N-dealkylation sites (N-methyl/N-ethyl adjacent to an activating group) is 1. The minimum atomic E-state index is -0.392. The van der Waals surface area contributed by atoms with Gasteiger partial charge in [0.25, 0.3) is 0 Å². The maximum Gasteiger partial charge on any atom is 0.153 e. The number of carbonyl (C=O) groups excluding carboxylic acids is 1. The Morgan fingerprint density at radius 3 is 2.33 bits per heavy atom. The largest absolute Gasteiger partial charge is 0.298 e. The topological polar surface area (TPSA) is 20.3 Å². The molecule has 12 heavy (non-hydrogen) atoms. The first-order valence-electron chi connectivity index (χ1n) is 4.07. The van der Waals surface area contributed by atoms with Crippen molar-refractivity contribution >= 4 is 5.78 Å². The van der Waals surface area contributed by atoms with Crippen LogP contribution in [0.25, 0.3) is 0 Å². The molecule has 0 rings (SSSR count). The average molecular weight is 167 g/mol. The summed E-state index contributed by atoms with van der Waals surface area (Å²) in [6.45, 7) is 3.82. The molecule has 0 aliphatic carbocycles. The Morgan fingerprint density at radius 2 is 2.00 bits per heavy atom. The van der Waals surface area contributed by atoms with Crippen LogP contribution >= 0.6 is 0 Å². The molecular weight excluding hydrogens is 150 g/mol. The Balaban J connectivity index is 4.18. The zero-order valence-electron chi connectivity index (χ0n) is 8.35. The normalized spacial score (nSPS) is 11.3. The van der Waals surface area contributed by atoms with Gasteiger partial charge in [0, 0.05) is 12.8 Å². The van der Waals surface area contributed by atoms with E-state index in [9.17, 15) is 4.79 Å². The molecule has 2 heteroatoms. The van der Waals surface area contributed by atoms with Crippen LogP contribution in [0.4, 0.5) is 0 Å². The third kappa shape index (κ3) is 2.67. The van der Waals surface area contributed by atoms with E-state index in [4.69, 9.17) is 6.42 Å². The fraction of sp³-hybridized carbons (Fsp3) is 0.700. The van der Waals surface area contributed by atoms with Crippen LogP contribution in [0.1, 0.15) is 26.7 Å². The van der Waals surface area contributed by atoms with Gasteiger partial charge in [0.05, 0.1) is 5.54 Å². The van der Waals surface area contributed by atoms with Gasteiger partial charge in [-0.3, -0.25) is 9.69 Å². The second-order valence-electron chi connectivity index (χ2n) is 3.58. The number of nitrogens with zero attached hydrogens (tertiary/aromatic N) is 1. The van der Waals surface area contributed by atoms with Crippen molar-refractivity contribution in [2.75, 3.05) is 14.1 Å². The fourth-order valence-corrected chi connectivity index (χ4v) is 0.741. The molecule has 0 bridgehead atoms. The summed E-state index contributed by atoms with van der Waals surface area (Å²) in [6, 6.07) is 0. The fourth-order valence-electron chi connectivity index (χ4n) is 0.741. The monoisotopic (exact) mass is 167 g/mol. The quantitative estimate of drug-likeness (QED) is 0.588. The Morgan fingerprint density at radius 1 is 1.50 bits per heavy atom. The molecule has 0 aliphatic heterocycles. The number of ketones is 1. The van der Waals surface area contributed by atoms with Gasteiger partial charge in [-0.2, -0.15) is 0 Å². The number of rotatable bonds is 4. The van der Waals surface area contributed by atoms with Crippen molar-refractivity contribution < 1.29 is 4.79 Å². The highest BCUT2D eigenvalue weighted by molar-refractivity contribution is 5.87. The van der Waals surface area contributed by atoms with Gasteiger partial charge in [0.15, 0.2) is 5.78 Å². The maximum atomic E-state index is 11.5. The SMILES string of the molecule is C#CCCC(=O)C(C)(C)N(C)C. The first-order chi connectivity index (χ1) is 5.42. The maximum absolute atomic E-state index is 11.5. The molecule has 0 spiro atoms. The van der Waals surface area contributed by atoms with Crippen LogP contribution in [-0.2, 0) is 4.79 Å². The third-order valence-electron chi connectivity index (χ3n) is 2.30. The number of hydrogen-bond acceptors (Lipinski definition) is 2. The van der Waals surface area contributed by atoms with Crippen LogP contribution in [0, 0.1) is 12.3 Å². The average Bonchev–Trinajstić information content (AvgIpc) is 1.99. The Labute approximate surface area is 74.9 Å². The predicted molar refractivity (Wildman–Crippen MR) is 50.8 cm³/mol. The van der Waals surface area contributed by atoms with E-state index in [0.29, 0.717) is 12.8 Å². The minimum absolute atomic E-state index is 0.199. The summed E-state index contributed by atoms with van der Waals surface area (Å²) in [4.78, 5) is 13.4. The molecule has 0 N–H and O–H groups in total. The summed E-state index contributed by atoms with van der Waals surface area (Å²) in [6.07, 6.45) is 6.09. The molecule has 0 atom stereocenters. The summed E-state index contributed by atoms with van der Waals surface area (Å²) in [5.41, 5.74) is -0.392. The lowest BCUT2D eigenvalue weighted by Gasteiger charge is -2.30. The van der Waals surface area contributed by atoms with Crippen LogP contribution in [0.3, 0.4) is 0 Å². The first kappa shape index (κ1) is 11.2. The van der Waals surface area contributed by atoms with E-state index in [1.54, 1.807) is 0 Å². The number of Topliss-reactive ketones (excluding diaryl/α,β-unsaturated/α-hetero) is 1. The zero-order chi connectivity index (χ0) is 9.78. The van der Waals surface area contributed by atoms with Gasteiger partial charge in [-0.1, -0.05) is 0 Å². The molecule has 2 nitrogen and oxygen atoms in total. The highest BCUT2D eigenvalue weighted by atomic mass is 16.1. The lowest BCUT2D eigenvalue weighted by Crippen LogP contribution is -2.45. The van der Waals surface area contributed by atoms with Gasteiger partial charge in [-0.05, 0) is 27.9 Å². The lowest BCUT2D eigenvalue weighted by atomic mass is 9.94. The van der Waals surface area contributed by atoms with E-state index in [1.165, 1.54) is 0 Å². The highest BCUT2D eigenvalue weighted by Gasteiger charge is 2.28. The summed E-state index contributed by atoms with van der Waals surface area (Å²) in [5, 5.41) is 0. The minimum Gasteiger partial charge on any atom is -0.298 e. The molecule has 0 aromatic heterocycles. The molecule has 0 aromatic carbocycles. The van der Waals surface area contributed by atoms with Gasteiger partial charge in [0.2, 0.25) is 0 Å². The van der Waals surface area contributed by atoms with E-state index in [0.717, 1.165) is 0 Å². The van der Waals surface area contributed by atoms with Gasteiger partial charge >= 0.3 is 0 Å². The van der Waals surface area contributed by atoms with Gasteiger partial charge in [0.1, 0.15) is 0 Å². The Hall–Kier alpha value is -0.810. The van der Waals surface area contributed by atoms with Crippen LogP contribution < -0.4 is 0 Å². The molecule has 0 heterocycles. The van der Waals surface area contributed by atoms with Crippen LogP contribution in [0.2, 0.25) is 0 Å². The van der Waals surface area contributed by atoms with Gasteiger partial charge in [-0.15, -0.1) is 12.3 Å². The van der Waals surface area contributed by atoms with Crippen LogP contribution in [0.5, 0.6) is 0 Å². The number of terminal acetylenes is 1. The van der Waals surface area contributed by atoms with Crippen molar-refractivity contribution in [2.45, 2.75) is 32.2 Å². The zero-order valence-corrected chi connectivity index (χ0v) is 8.35. The van der Waals surface area contributed by atoms with Crippen molar-refractivity contribution in [2.24, 2.45) is 0 Å². The molecule has 0 aliphatic rings. The standard InChI is InChI=1S/C10H17NO/c1-6-7-8-9(12)10(2,3)11(4)5/h1H,7-8H2,2-5H3. The van der Waals surface area contributed by atoms with E-state index in [1.807, 2.05) is 32.8 Å². The van der Waals surface area contributed by atoms with E-state index < -0.39 is 5.54 Å². The summed E-state index contributed by atoms with van der Waals surface area (Å²) in [5.74, 6) is 2.67. The predicted octanol–water partition coefficient (Wildman–Crippen LogP) is 1.31. The second-order valence-corrected chi connectivity index (χ2v) is 3.58. The molecule has 0 saturated carbocycles. The first-order valence-corrected chi connectivity index (χ1v) is 4.07. The molecule has 0 saturated heterocycles. The van der Waals surface area contributed by atoms with E-state index >= 15 is 0 Å². The molecule has 0 radical (unpaired) electrons. The number of carbonyl (C=O) groups is 1. The van der Waals surface area contributed by atoms with Crippen molar-refractivity contribution in [1.29, 1.82) is 0 Å². The molecule has 0 amide bonds. The summed E-state index contributed by atoms with van der Waals surface area (Å²) >= 11 is 0. The highest BCUT2D eigenvalue weighted by Crippen LogP contribution is 2.14. The summed E-state index contributed by atoms with van der Waals surface area (Å²) in [7, 11) is 3.79. The van der Waals surface area contributed by atoms with Crippen LogP contribution in [-0.4, -0.2) is 30.3 Å². The molecule has 0 fully saturated rings. The van der Waals surface area contributed by atoms with E-state index in [-0.39, 0.29) is 5.78 Å². The molecule has 0 aromatic rings. The van der Waals surface area contributed by atoms with Crippen molar-refractivity contribution in [1.82, 2.24) is 4.90 Å². The van der Waals surface area contributed by atoms with Gasteiger partial charge in [-0.25, -0.2) is 0 Å². The smallest absolute Gasteiger partial charge is 0.153 e. The van der Waals surface area contributed by atoms with Crippen LogP contribution in [0.15, 0.2) is 0 Å². The Kier molecular flexibility index (Phi) is 3.99. The summed E-state index contributed by atoms with van der Waals surface area (Å²) < 4.78 is 0. The van der Waals surface area contributed by atoms with Gasteiger partial charge < -0.3 is 0 Å². The van der Waals surface area contributed by atoms with Crippen molar-refractivity contribution in [3.05, 3.63) is 0 Å². The van der Waals surface area contributed by atoms with E-state index in [2.05, 4.69) is 5.92 Å². The molecule has 68 valence electrons. The number of hydrogen-bond donors (Lipinski definition) is 0. The van der Waals surface area contributed by atoms with Crippen molar-refractivity contribution in [3.8, 4) is 12.3 Å². The second kappa shape index (κ2) is 4.27. The molecular formula is C10H17NO. The van der Waals surface area contributed by atoms with Crippen molar-refractivity contribution in [3.63, 3.8) is 0 Å². The molecule has 0 unspecified atom stereocenters. The lowest BCUT2D eigenvalue weighted by molar-refractivity contribution is -0.127.